The Hall–Kier alpha value is -6.32. The van der Waals surface area contributed by atoms with Crippen molar-refractivity contribution < 1.29 is 0 Å². The molecular formula is C46H33N3. The zero-order chi connectivity index (χ0) is 32.3. The fourth-order valence-electron chi connectivity index (χ4n) is 8.21. The summed E-state index contributed by atoms with van der Waals surface area (Å²) >= 11 is 0. The fraction of sp³-hybridized carbons (Fsp3) is 0.0435. The van der Waals surface area contributed by atoms with E-state index in [1.54, 1.807) is 0 Å². The molecule has 0 saturated carbocycles. The first-order valence-corrected chi connectivity index (χ1v) is 17.0. The van der Waals surface area contributed by atoms with Crippen LogP contribution in [0.3, 0.4) is 0 Å². The van der Waals surface area contributed by atoms with Crippen LogP contribution in [0.4, 0.5) is 28.4 Å². The highest BCUT2D eigenvalue weighted by molar-refractivity contribution is 5.98. The van der Waals surface area contributed by atoms with E-state index in [9.17, 15) is 0 Å². The van der Waals surface area contributed by atoms with E-state index in [2.05, 4.69) is 202 Å². The second-order valence-corrected chi connectivity index (χ2v) is 13.0. The number of benzene rings is 7. The number of nitrogens with zero attached hydrogens (tertiary/aromatic N) is 3. The van der Waals surface area contributed by atoms with Gasteiger partial charge in [0.1, 0.15) is 0 Å². The average Bonchev–Trinajstić information content (AvgIpc) is 3.67. The van der Waals surface area contributed by atoms with Crippen LogP contribution in [0, 0.1) is 0 Å². The van der Waals surface area contributed by atoms with Gasteiger partial charge in [-0.2, -0.15) is 0 Å². The molecule has 0 bridgehead atoms. The van der Waals surface area contributed by atoms with Gasteiger partial charge in [-0.15, -0.1) is 0 Å². The highest BCUT2D eigenvalue weighted by Gasteiger charge is 2.40. The average molecular weight is 628 g/mol. The largest absolute Gasteiger partial charge is 0.333 e. The Kier molecular flexibility index (Phi) is 6.31. The standard InChI is InChI=1S/C46H33N3/c1-4-16-33(17-5-1)47(34-18-6-2-7-19-34)36-22-14-23-37(29-36)49-42-26-13-12-25-39(42)40-30-41-45(31-44(40)49)48(35-20-8-3-9-21-35)43-28-27-32-15-10-11-24-38(32)46(41)43/h1-31,41,45H. The van der Waals surface area contributed by atoms with E-state index < -0.39 is 0 Å². The lowest BCUT2D eigenvalue weighted by atomic mass is 9.87. The molecule has 2 atom stereocenters. The number of fused-ring (bicyclic) bond motifs is 8. The van der Waals surface area contributed by atoms with Gasteiger partial charge in [0.15, 0.2) is 0 Å². The van der Waals surface area contributed by atoms with E-state index in [0.29, 0.717) is 0 Å². The van der Waals surface area contributed by atoms with E-state index in [0.717, 1.165) is 22.7 Å². The van der Waals surface area contributed by atoms with Crippen LogP contribution in [0.15, 0.2) is 176 Å². The molecule has 1 aromatic heterocycles. The number of rotatable bonds is 5. The predicted octanol–water partition coefficient (Wildman–Crippen LogP) is 10.1. The highest BCUT2D eigenvalue weighted by Crippen LogP contribution is 2.50. The summed E-state index contributed by atoms with van der Waals surface area (Å²) in [5.41, 5.74) is 9.64. The third-order valence-corrected chi connectivity index (χ3v) is 10.2. The first-order chi connectivity index (χ1) is 24.3. The molecular weight excluding hydrogens is 595 g/mol. The Bertz CT molecular complexity index is 2580. The summed E-state index contributed by atoms with van der Waals surface area (Å²) in [6, 6.07) is 63.6. The van der Waals surface area contributed by atoms with Crippen LogP contribution < -0.4 is 20.4 Å². The molecule has 7 aromatic carbocycles. The van der Waals surface area contributed by atoms with Crippen molar-refractivity contribution in [3.63, 3.8) is 0 Å². The van der Waals surface area contributed by atoms with Gasteiger partial charge < -0.3 is 14.4 Å². The van der Waals surface area contributed by atoms with Crippen LogP contribution in [0.2, 0.25) is 0 Å². The molecule has 0 amide bonds. The number of anilines is 5. The SMILES string of the molecule is C1=c2c(n(-c3cccc(N(c4ccccc4)c4ccccc4)c3)c3ccccc23)=CC2C1c1c(ccc3ccccc13)N2c1ccccc1. The molecule has 8 aromatic rings. The van der Waals surface area contributed by atoms with Gasteiger partial charge in [0, 0.05) is 50.6 Å². The van der Waals surface area contributed by atoms with Crippen molar-refractivity contribution in [1.82, 2.24) is 4.57 Å². The van der Waals surface area contributed by atoms with Gasteiger partial charge in [-0.05, 0) is 89.1 Å². The van der Waals surface area contributed by atoms with Gasteiger partial charge in [-0.25, -0.2) is 0 Å². The smallest absolute Gasteiger partial charge is 0.0650 e. The molecule has 2 heterocycles. The molecule has 0 saturated heterocycles. The van der Waals surface area contributed by atoms with Crippen molar-refractivity contribution in [1.29, 1.82) is 0 Å². The van der Waals surface area contributed by atoms with Gasteiger partial charge >= 0.3 is 0 Å². The molecule has 1 aliphatic heterocycles. The summed E-state index contributed by atoms with van der Waals surface area (Å²) in [4.78, 5) is 4.89. The minimum absolute atomic E-state index is 0.132. The number of hydrogen-bond donors (Lipinski definition) is 0. The Morgan fingerprint density at radius 2 is 1.08 bits per heavy atom. The maximum atomic E-state index is 2.55. The van der Waals surface area contributed by atoms with Crippen molar-refractivity contribution in [2.75, 3.05) is 9.80 Å². The van der Waals surface area contributed by atoms with Crippen LogP contribution in [-0.4, -0.2) is 10.6 Å². The summed E-state index contributed by atoms with van der Waals surface area (Å²) in [5, 5.41) is 6.44. The number of hydrogen-bond acceptors (Lipinski definition) is 2. The van der Waals surface area contributed by atoms with Gasteiger partial charge in [0.05, 0.1) is 16.9 Å². The lowest BCUT2D eigenvalue weighted by Crippen LogP contribution is -2.40. The number of aromatic nitrogens is 1. The molecule has 2 aliphatic rings. The lowest BCUT2D eigenvalue weighted by Gasteiger charge is -2.29. The summed E-state index contributed by atoms with van der Waals surface area (Å²) in [6.07, 6.45) is 5.08. The van der Waals surface area contributed by atoms with Crippen molar-refractivity contribution in [3.05, 3.63) is 192 Å². The number of para-hydroxylation sites is 4. The van der Waals surface area contributed by atoms with Gasteiger partial charge in [0.25, 0.3) is 0 Å². The summed E-state index contributed by atoms with van der Waals surface area (Å²) in [5.74, 6) is 0.214. The fourth-order valence-corrected chi connectivity index (χ4v) is 8.21. The molecule has 232 valence electrons. The molecule has 3 heteroatoms. The second kappa shape index (κ2) is 11.1. The third kappa shape index (κ3) is 4.36. The summed E-state index contributed by atoms with van der Waals surface area (Å²) in [7, 11) is 0. The first-order valence-electron chi connectivity index (χ1n) is 17.0. The van der Waals surface area contributed by atoms with Crippen LogP contribution in [0.5, 0.6) is 0 Å². The van der Waals surface area contributed by atoms with Gasteiger partial charge in [0.2, 0.25) is 0 Å². The van der Waals surface area contributed by atoms with Crippen LogP contribution in [0.25, 0.3) is 39.5 Å². The molecule has 0 spiro atoms. The van der Waals surface area contributed by atoms with E-state index >= 15 is 0 Å². The zero-order valence-electron chi connectivity index (χ0n) is 26.9. The topological polar surface area (TPSA) is 11.4 Å². The van der Waals surface area contributed by atoms with E-state index in [1.165, 1.54) is 49.2 Å². The van der Waals surface area contributed by atoms with Gasteiger partial charge in [-0.3, -0.25) is 0 Å². The van der Waals surface area contributed by atoms with E-state index in [-0.39, 0.29) is 12.0 Å². The van der Waals surface area contributed by atoms with Crippen molar-refractivity contribution in [2.24, 2.45) is 0 Å². The zero-order valence-corrected chi connectivity index (χ0v) is 26.9. The summed E-state index contributed by atoms with van der Waals surface area (Å²) in [6.45, 7) is 0. The van der Waals surface area contributed by atoms with Crippen molar-refractivity contribution >= 4 is 62.3 Å². The molecule has 49 heavy (non-hydrogen) atoms. The predicted molar refractivity (Wildman–Crippen MR) is 205 cm³/mol. The van der Waals surface area contributed by atoms with Gasteiger partial charge in [-0.1, -0.05) is 115 Å². The Balaban J connectivity index is 1.22. The monoisotopic (exact) mass is 627 g/mol. The quantitative estimate of drug-likeness (QED) is 0.188. The molecule has 1 aliphatic carbocycles. The second-order valence-electron chi connectivity index (χ2n) is 13.0. The van der Waals surface area contributed by atoms with Crippen molar-refractivity contribution in [3.8, 4) is 5.69 Å². The highest BCUT2D eigenvalue weighted by atomic mass is 15.2. The molecule has 0 fully saturated rings. The van der Waals surface area contributed by atoms with Crippen LogP contribution in [0.1, 0.15) is 11.5 Å². The Labute approximate surface area is 285 Å². The maximum absolute atomic E-state index is 2.55. The molecule has 0 radical (unpaired) electrons. The summed E-state index contributed by atoms with van der Waals surface area (Å²) < 4.78 is 2.47. The first kappa shape index (κ1) is 27.8. The van der Waals surface area contributed by atoms with E-state index in [1.807, 2.05) is 0 Å². The molecule has 0 N–H and O–H groups in total. The maximum Gasteiger partial charge on any atom is 0.0650 e. The van der Waals surface area contributed by atoms with Crippen LogP contribution >= 0.6 is 0 Å². The normalized spacial score (nSPS) is 16.0. The minimum Gasteiger partial charge on any atom is -0.333 e. The lowest BCUT2D eigenvalue weighted by molar-refractivity contribution is 0.798. The Morgan fingerprint density at radius 1 is 0.469 bits per heavy atom. The molecule has 3 nitrogen and oxygen atoms in total. The van der Waals surface area contributed by atoms with E-state index in [4.69, 9.17) is 0 Å². The van der Waals surface area contributed by atoms with Crippen LogP contribution in [-0.2, 0) is 0 Å². The van der Waals surface area contributed by atoms with Crippen molar-refractivity contribution in [2.45, 2.75) is 12.0 Å². The molecule has 10 rings (SSSR count). The minimum atomic E-state index is 0.132. The Morgan fingerprint density at radius 3 is 1.84 bits per heavy atom. The third-order valence-electron chi connectivity index (χ3n) is 10.2. The molecule has 2 unspecified atom stereocenters.